The standard InChI is InChI=1S/C22H19ClN2O4S/c1-14-6-11-19(24-22(27)17-9-7-16(8-10-17)15(2)26)13-21(14)30(28,29)25-20-5-3-4-18(23)12-20/h3-13,25H,1-2H3,(H,24,27). The minimum absolute atomic E-state index is 0.0344. The predicted molar refractivity (Wildman–Crippen MR) is 118 cm³/mol. The normalized spacial score (nSPS) is 11.0. The molecule has 154 valence electrons. The Kier molecular flexibility index (Phi) is 6.24. The fourth-order valence-electron chi connectivity index (χ4n) is 2.79. The lowest BCUT2D eigenvalue weighted by atomic mass is 10.1. The van der Waals surface area contributed by atoms with Crippen LogP contribution in [0.5, 0.6) is 0 Å². The highest BCUT2D eigenvalue weighted by Gasteiger charge is 2.18. The number of amides is 1. The molecule has 6 nitrogen and oxygen atoms in total. The second-order valence-corrected chi connectivity index (χ2v) is 8.77. The number of halogens is 1. The smallest absolute Gasteiger partial charge is 0.262 e. The van der Waals surface area contributed by atoms with Crippen molar-refractivity contribution >= 4 is 44.7 Å². The van der Waals surface area contributed by atoms with Crippen molar-refractivity contribution in [1.82, 2.24) is 0 Å². The fraction of sp³-hybridized carbons (Fsp3) is 0.0909. The van der Waals surface area contributed by atoms with Crippen molar-refractivity contribution in [2.75, 3.05) is 10.0 Å². The highest BCUT2D eigenvalue weighted by Crippen LogP contribution is 2.24. The Hall–Kier alpha value is -3.16. The Bertz CT molecular complexity index is 1220. The number of rotatable bonds is 6. The van der Waals surface area contributed by atoms with E-state index in [0.29, 0.717) is 33.1 Å². The van der Waals surface area contributed by atoms with Gasteiger partial charge in [0.05, 0.1) is 10.6 Å². The van der Waals surface area contributed by atoms with Gasteiger partial charge in [-0.2, -0.15) is 0 Å². The Morgan fingerprint density at radius 1 is 0.867 bits per heavy atom. The van der Waals surface area contributed by atoms with Gasteiger partial charge in [-0.05, 0) is 61.9 Å². The number of anilines is 2. The lowest BCUT2D eigenvalue weighted by Gasteiger charge is -2.13. The van der Waals surface area contributed by atoms with Crippen molar-refractivity contribution in [3.05, 3.63) is 88.4 Å². The molecule has 0 aliphatic rings. The van der Waals surface area contributed by atoms with Gasteiger partial charge in [0.25, 0.3) is 15.9 Å². The quantitative estimate of drug-likeness (QED) is 0.531. The summed E-state index contributed by atoms with van der Waals surface area (Å²) in [7, 11) is -3.90. The van der Waals surface area contributed by atoms with E-state index < -0.39 is 15.9 Å². The third-order valence-electron chi connectivity index (χ3n) is 4.37. The maximum atomic E-state index is 12.8. The predicted octanol–water partition coefficient (Wildman–Crippen LogP) is 4.90. The van der Waals surface area contributed by atoms with Gasteiger partial charge < -0.3 is 5.32 Å². The second-order valence-electron chi connectivity index (χ2n) is 6.68. The average Bonchev–Trinajstić information content (AvgIpc) is 2.69. The van der Waals surface area contributed by atoms with Gasteiger partial charge in [0.1, 0.15) is 0 Å². The van der Waals surface area contributed by atoms with Crippen LogP contribution in [0.15, 0.2) is 71.6 Å². The Morgan fingerprint density at radius 2 is 1.53 bits per heavy atom. The van der Waals surface area contributed by atoms with Crippen LogP contribution < -0.4 is 10.0 Å². The van der Waals surface area contributed by atoms with E-state index >= 15 is 0 Å². The van der Waals surface area contributed by atoms with E-state index in [1.807, 2.05) is 0 Å². The molecule has 0 spiro atoms. The topological polar surface area (TPSA) is 92.3 Å². The number of hydrogen-bond acceptors (Lipinski definition) is 4. The Morgan fingerprint density at radius 3 is 2.17 bits per heavy atom. The summed E-state index contributed by atoms with van der Waals surface area (Å²) >= 11 is 5.92. The van der Waals surface area contributed by atoms with E-state index in [1.54, 1.807) is 61.5 Å². The molecule has 0 fully saturated rings. The first kappa shape index (κ1) is 21.5. The lowest BCUT2D eigenvalue weighted by molar-refractivity contribution is 0.100. The summed E-state index contributed by atoms with van der Waals surface area (Å²) in [4.78, 5) is 23.9. The van der Waals surface area contributed by atoms with Crippen LogP contribution in [0.25, 0.3) is 0 Å². The number of ketones is 1. The minimum atomic E-state index is -3.90. The highest BCUT2D eigenvalue weighted by atomic mass is 35.5. The molecule has 3 aromatic rings. The van der Waals surface area contributed by atoms with Crippen LogP contribution in [0, 0.1) is 6.92 Å². The zero-order chi connectivity index (χ0) is 21.9. The number of hydrogen-bond donors (Lipinski definition) is 2. The molecule has 3 aromatic carbocycles. The Balaban J connectivity index is 1.83. The van der Waals surface area contributed by atoms with Crippen molar-refractivity contribution in [3.8, 4) is 0 Å². The van der Waals surface area contributed by atoms with Crippen LogP contribution in [0.2, 0.25) is 5.02 Å². The second kappa shape index (κ2) is 8.69. The van der Waals surface area contributed by atoms with Gasteiger partial charge in [0.2, 0.25) is 0 Å². The molecule has 0 heterocycles. The zero-order valence-electron chi connectivity index (χ0n) is 16.3. The van der Waals surface area contributed by atoms with Crippen molar-refractivity contribution in [2.45, 2.75) is 18.7 Å². The number of aryl methyl sites for hydroxylation is 1. The molecule has 0 saturated heterocycles. The third kappa shape index (κ3) is 5.06. The molecule has 3 rings (SSSR count). The van der Waals surface area contributed by atoms with Gasteiger partial charge in [-0.15, -0.1) is 0 Å². The van der Waals surface area contributed by atoms with Crippen molar-refractivity contribution in [2.24, 2.45) is 0 Å². The van der Waals surface area contributed by atoms with Gasteiger partial charge in [-0.1, -0.05) is 35.9 Å². The van der Waals surface area contributed by atoms with Crippen LogP contribution in [0.1, 0.15) is 33.2 Å². The number of nitrogens with one attached hydrogen (secondary N) is 2. The van der Waals surface area contributed by atoms with Crippen molar-refractivity contribution in [1.29, 1.82) is 0 Å². The maximum Gasteiger partial charge on any atom is 0.262 e. The van der Waals surface area contributed by atoms with Crippen LogP contribution in [-0.2, 0) is 10.0 Å². The van der Waals surface area contributed by atoms with Gasteiger partial charge in [0, 0.05) is 21.8 Å². The summed E-state index contributed by atoms with van der Waals surface area (Å²) < 4.78 is 28.2. The SMILES string of the molecule is CC(=O)c1ccc(C(=O)Nc2ccc(C)c(S(=O)(=O)Nc3cccc(Cl)c3)c2)cc1. The van der Waals surface area contributed by atoms with E-state index in [4.69, 9.17) is 11.6 Å². The molecule has 0 aliphatic carbocycles. The minimum Gasteiger partial charge on any atom is -0.322 e. The molecule has 0 saturated carbocycles. The zero-order valence-corrected chi connectivity index (χ0v) is 17.8. The molecular formula is C22H19ClN2O4S. The molecule has 0 radical (unpaired) electrons. The summed E-state index contributed by atoms with van der Waals surface area (Å²) in [5.41, 5.74) is 2.03. The third-order valence-corrected chi connectivity index (χ3v) is 6.12. The number of Topliss-reactive ketones (excluding diaryl/α,β-unsaturated/α-hetero) is 1. The lowest BCUT2D eigenvalue weighted by Crippen LogP contribution is -2.16. The first-order valence-electron chi connectivity index (χ1n) is 8.97. The fourth-order valence-corrected chi connectivity index (χ4v) is 4.30. The van der Waals surface area contributed by atoms with E-state index in [1.165, 1.54) is 19.1 Å². The number of carbonyl (C=O) groups is 2. The van der Waals surface area contributed by atoms with Gasteiger partial charge >= 0.3 is 0 Å². The van der Waals surface area contributed by atoms with E-state index in [9.17, 15) is 18.0 Å². The van der Waals surface area contributed by atoms with Crippen LogP contribution >= 0.6 is 11.6 Å². The number of carbonyl (C=O) groups excluding carboxylic acids is 2. The molecule has 1 amide bonds. The summed E-state index contributed by atoms with van der Waals surface area (Å²) in [6.07, 6.45) is 0. The molecular weight excluding hydrogens is 424 g/mol. The molecule has 0 atom stereocenters. The summed E-state index contributed by atoms with van der Waals surface area (Å²) in [5.74, 6) is -0.511. The van der Waals surface area contributed by atoms with Crippen LogP contribution in [-0.4, -0.2) is 20.1 Å². The van der Waals surface area contributed by atoms with E-state index in [2.05, 4.69) is 10.0 Å². The Labute approximate surface area is 179 Å². The van der Waals surface area contributed by atoms with E-state index in [-0.39, 0.29) is 10.7 Å². The van der Waals surface area contributed by atoms with Gasteiger partial charge in [0.15, 0.2) is 5.78 Å². The molecule has 30 heavy (non-hydrogen) atoms. The summed E-state index contributed by atoms with van der Waals surface area (Å²) in [5, 5.41) is 3.09. The van der Waals surface area contributed by atoms with E-state index in [0.717, 1.165) is 0 Å². The molecule has 0 aromatic heterocycles. The molecule has 2 N–H and O–H groups in total. The van der Waals surface area contributed by atoms with Crippen LogP contribution in [0.3, 0.4) is 0 Å². The number of sulfonamides is 1. The maximum absolute atomic E-state index is 12.8. The van der Waals surface area contributed by atoms with Gasteiger partial charge in [-0.3, -0.25) is 14.3 Å². The molecule has 0 unspecified atom stereocenters. The monoisotopic (exact) mass is 442 g/mol. The highest BCUT2D eigenvalue weighted by molar-refractivity contribution is 7.92. The summed E-state index contributed by atoms with van der Waals surface area (Å²) in [6, 6.07) is 17.2. The summed E-state index contributed by atoms with van der Waals surface area (Å²) in [6.45, 7) is 3.11. The first-order chi connectivity index (χ1) is 14.2. The molecule has 0 bridgehead atoms. The largest absolute Gasteiger partial charge is 0.322 e. The first-order valence-corrected chi connectivity index (χ1v) is 10.8. The van der Waals surface area contributed by atoms with Crippen LogP contribution in [0.4, 0.5) is 11.4 Å². The molecule has 8 heteroatoms. The molecule has 0 aliphatic heterocycles. The van der Waals surface area contributed by atoms with Gasteiger partial charge in [-0.25, -0.2) is 8.42 Å². The van der Waals surface area contributed by atoms with Crippen molar-refractivity contribution in [3.63, 3.8) is 0 Å². The van der Waals surface area contributed by atoms with Crippen molar-refractivity contribution < 1.29 is 18.0 Å². The average molecular weight is 443 g/mol. The number of benzene rings is 3.